The number of amides is 1. The number of alkyl halides is 3. The first-order valence-electron chi connectivity index (χ1n) is 12.5. The highest BCUT2D eigenvalue weighted by Gasteiger charge is 2.31. The van der Waals surface area contributed by atoms with Gasteiger partial charge < -0.3 is 16.1 Å². The lowest BCUT2D eigenvalue weighted by Gasteiger charge is -2.26. The van der Waals surface area contributed by atoms with E-state index in [0.717, 1.165) is 59.6 Å². The lowest BCUT2D eigenvalue weighted by Crippen LogP contribution is -2.36. The van der Waals surface area contributed by atoms with Crippen molar-refractivity contribution < 1.29 is 18.0 Å². The number of carbonyl (C=O) groups is 1. The van der Waals surface area contributed by atoms with Gasteiger partial charge in [-0.25, -0.2) is 0 Å². The second kappa shape index (κ2) is 10.1. The summed E-state index contributed by atoms with van der Waals surface area (Å²) in [6, 6.07) is 9.17. The third kappa shape index (κ3) is 5.39. The van der Waals surface area contributed by atoms with Gasteiger partial charge in [-0.3, -0.25) is 14.5 Å². The normalized spacial score (nSPS) is 15.7. The fourth-order valence-electron chi connectivity index (χ4n) is 4.46. The molecule has 5 rings (SSSR count). The van der Waals surface area contributed by atoms with Crippen LogP contribution in [-0.2, 0) is 19.8 Å². The molecule has 1 aliphatic carbocycles. The number of nitrogens with zero attached hydrogens (tertiary/aromatic N) is 3. The summed E-state index contributed by atoms with van der Waals surface area (Å²) < 4.78 is 42.5. The van der Waals surface area contributed by atoms with Crippen LogP contribution in [0.15, 0.2) is 48.8 Å². The molecule has 1 saturated carbocycles. The fraction of sp³-hybridized carbons (Fsp3) is 0.333. The standard InChI is InChI=1S/C27H30F3N7O/c1-16-7-8-19(11-25(16)37-15-24(34-35-37)23-14-32-36(3)17(23)2)26(38)33-22-10-18(13-31-21-5-4-6-21)9-20(12-22)27(28,29)30/h7-12,14-15,21,31,34-35H,4-6,13H2,1-3H3,(H,33,38). The van der Waals surface area contributed by atoms with Gasteiger partial charge in [0.2, 0.25) is 0 Å². The van der Waals surface area contributed by atoms with E-state index in [1.54, 1.807) is 40.2 Å². The Morgan fingerprint density at radius 2 is 1.95 bits per heavy atom. The topological polar surface area (TPSA) is 86.2 Å². The van der Waals surface area contributed by atoms with Crippen LogP contribution in [0.3, 0.4) is 0 Å². The number of benzene rings is 2. The Morgan fingerprint density at radius 3 is 2.61 bits per heavy atom. The lowest BCUT2D eigenvalue weighted by molar-refractivity contribution is -0.137. The monoisotopic (exact) mass is 525 g/mol. The summed E-state index contributed by atoms with van der Waals surface area (Å²) in [6.45, 7) is 4.19. The summed E-state index contributed by atoms with van der Waals surface area (Å²) in [5.74, 6) is -0.497. The van der Waals surface area contributed by atoms with Gasteiger partial charge in [0.25, 0.3) is 5.91 Å². The summed E-state index contributed by atoms with van der Waals surface area (Å²) in [7, 11) is 1.87. The fourth-order valence-corrected chi connectivity index (χ4v) is 4.46. The van der Waals surface area contributed by atoms with Gasteiger partial charge in [-0.15, -0.1) is 5.53 Å². The van der Waals surface area contributed by atoms with Crippen LogP contribution >= 0.6 is 0 Å². The number of aryl methyl sites for hydroxylation is 2. The van der Waals surface area contributed by atoms with Crippen molar-refractivity contribution in [2.24, 2.45) is 7.05 Å². The minimum atomic E-state index is -4.52. The van der Waals surface area contributed by atoms with Gasteiger partial charge in [-0.05, 0) is 68.1 Å². The molecule has 8 nitrogen and oxygen atoms in total. The average Bonchev–Trinajstić information content (AvgIpc) is 3.44. The Labute approximate surface area is 218 Å². The quantitative estimate of drug-likeness (QED) is 0.355. The Hall–Kier alpha value is -3.83. The van der Waals surface area contributed by atoms with Crippen molar-refractivity contribution in [3.8, 4) is 0 Å². The van der Waals surface area contributed by atoms with E-state index >= 15 is 0 Å². The molecule has 2 aromatic carbocycles. The first kappa shape index (κ1) is 25.8. The molecule has 2 aliphatic rings. The number of carbonyl (C=O) groups excluding carboxylic acids is 1. The zero-order valence-corrected chi connectivity index (χ0v) is 21.4. The second-order valence-corrected chi connectivity index (χ2v) is 9.80. The van der Waals surface area contributed by atoms with Gasteiger partial charge in [0.15, 0.2) is 0 Å². The molecule has 1 aromatic heterocycles. The van der Waals surface area contributed by atoms with Gasteiger partial charge in [0.05, 0.1) is 23.1 Å². The highest BCUT2D eigenvalue weighted by molar-refractivity contribution is 6.05. The van der Waals surface area contributed by atoms with Crippen molar-refractivity contribution in [3.63, 3.8) is 0 Å². The molecule has 1 fully saturated rings. The summed E-state index contributed by atoms with van der Waals surface area (Å²) in [6.07, 6.45) is 2.29. The minimum Gasteiger partial charge on any atom is -0.322 e. The van der Waals surface area contributed by atoms with Crippen LogP contribution in [0.25, 0.3) is 5.70 Å². The van der Waals surface area contributed by atoms with Crippen molar-refractivity contribution >= 4 is 23.0 Å². The highest BCUT2D eigenvalue weighted by atomic mass is 19.4. The van der Waals surface area contributed by atoms with Crippen molar-refractivity contribution in [1.82, 2.24) is 26.1 Å². The van der Waals surface area contributed by atoms with Crippen LogP contribution in [0.1, 0.15) is 57.6 Å². The summed E-state index contributed by atoms with van der Waals surface area (Å²) in [5, 5.41) is 12.0. The van der Waals surface area contributed by atoms with Gasteiger partial charge in [0, 0.05) is 48.3 Å². The SMILES string of the molecule is Cc1ccc(C(=O)Nc2cc(CNC3CCC3)cc(C(F)(F)F)c2)cc1N1C=C(c2cnn(C)c2C)NN1. The molecular formula is C27H30F3N7O. The van der Waals surface area contributed by atoms with Crippen LogP contribution in [0.5, 0.6) is 0 Å². The molecule has 0 bridgehead atoms. The molecule has 1 aliphatic heterocycles. The molecule has 0 saturated heterocycles. The molecule has 11 heteroatoms. The van der Waals surface area contributed by atoms with Crippen molar-refractivity contribution in [3.05, 3.63) is 82.3 Å². The van der Waals surface area contributed by atoms with Crippen molar-refractivity contribution in [2.75, 3.05) is 10.3 Å². The largest absolute Gasteiger partial charge is 0.416 e. The van der Waals surface area contributed by atoms with E-state index in [0.29, 0.717) is 23.7 Å². The van der Waals surface area contributed by atoms with Crippen LogP contribution in [0.4, 0.5) is 24.5 Å². The summed E-state index contributed by atoms with van der Waals surface area (Å²) in [5.41, 5.74) is 10.6. The zero-order chi connectivity index (χ0) is 27.0. The molecule has 4 N–H and O–H groups in total. The Balaban J connectivity index is 1.36. The average molecular weight is 526 g/mol. The first-order chi connectivity index (χ1) is 18.1. The molecular weight excluding hydrogens is 495 g/mol. The lowest BCUT2D eigenvalue weighted by atomic mass is 9.93. The number of nitrogens with one attached hydrogen (secondary N) is 4. The van der Waals surface area contributed by atoms with Crippen LogP contribution in [0, 0.1) is 13.8 Å². The third-order valence-electron chi connectivity index (χ3n) is 7.10. The van der Waals surface area contributed by atoms with E-state index in [1.165, 1.54) is 0 Å². The summed E-state index contributed by atoms with van der Waals surface area (Å²) in [4.78, 5) is 13.1. The van der Waals surface area contributed by atoms with E-state index in [9.17, 15) is 18.0 Å². The first-order valence-corrected chi connectivity index (χ1v) is 12.5. The number of hydrogen-bond donors (Lipinski definition) is 4. The Morgan fingerprint density at radius 1 is 1.16 bits per heavy atom. The molecule has 0 atom stereocenters. The number of aromatic nitrogens is 2. The predicted octanol–water partition coefficient (Wildman–Crippen LogP) is 4.78. The minimum absolute atomic E-state index is 0.104. The molecule has 0 radical (unpaired) electrons. The molecule has 38 heavy (non-hydrogen) atoms. The Kier molecular flexibility index (Phi) is 6.89. The van der Waals surface area contributed by atoms with Gasteiger partial charge in [-0.1, -0.05) is 12.5 Å². The molecule has 1 amide bonds. The number of rotatable bonds is 7. The van der Waals surface area contributed by atoms with Crippen LogP contribution in [-0.4, -0.2) is 21.7 Å². The summed E-state index contributed by atoms with van der Waals surface area (Å²) >= 11 is 0. The van der Waals surface area contributed by atoms with Gasteiger partial charge >= 0.3 is 6.18 Å². The predicted molar refractivity (Wildman–Crippen MR) is 140 cm³/mol. The van der Waals surface area contributed by atoms with E-state index in [-0.39, 0.29) is 5.69 Å². The molecule has 2 heterocycles. The second-order valence-electron chi connectivity index (χ2n) is 9.80. The highest BCUT2D eigenvalue weighted by Crippen LogP contribution is 2.33. The molecule has 0 spiro atoms. The van der Waals surface area contributed by atoms with Gasteiger partial charge in [0.1, 0.15) is 0 Å². The van der Waals surface area contributed by atoms with E-state index in [4.69, 9.17) is 0 Å². The maximum absolute atomic E-state index is 13.6. The maximum Gasteiger partial charge on any atom is 0.416 e. The van der Waals surface area contributed by atoms with Crippen molar-refractivity contribution in [1.29, 1.82) is 0 Å². The molecule has 0 unspecified atom stereocenters. The third-order valence-corrected chi connectivity index (χ3v) is 7.10. The number of hydrogen-bond acceptors (Lipinski definition) is 6. The number of hydrazine groups is 2. The number of anilines is 2. The maximum atomic E-state index is 13.6. The zero-order valence-electron chi connectivity index (χ0n) is 21.4. The van der Waals surface area contributed by atoms with Crippen LogP contribution < -0.4 is 26.6 Å². The smallest absolute Gasteiger partial charge is 0.322 e. The van der Waals surface area contributed by atoms with Gasteiger partial charge in [-0.2, -0.15) is 18.3 Å². The number of halogens is 3. The van der Waals surface area contributed by atoms with E-state index in [2.05, 4.69) is 26.7 Å². The van der Waals surface area contributed by atoms with E-state index < -0.39 is 17.6 Å². The van der Waals surface area contributed by atoms with E-state index in [1.807, 2.05) is 27.1 Å². The molecule has 200 valence electrons. The Bertz CT molecular complexity index is 1390. The molecule has 3 aromatic rings. The van der Waals surface area contributed by atoms with Crippen LogP contribution in [0.2, 0.25) is 0 Å². The van der Waals surface area contributed by atoms with Crippen molar-refractivity contribution in [2.45, 2.75) is 51.9 Å².